The van der Waals surface area contributed by atoms with Crippen molar-refractivity contribution in [2.75, 3.05) is 13.7 Å². The number of rotatable bonds is 4. The number of methoxy groups -OCH3 is 1. The first-order valence-electron chi connectivity index (χ1n) is 5.51. The summed E-state index contributed by atoms with van der Waals surface area (Å²) in [5.41, 5.74) is 5.55. The summed E-state index contributed by atoms with van der Waals surface area (Å²) in [5.74, 6) is -0.0793. The smallest absolute Gasteiger partial charge is 0.258 e. The van der Waals surface area contributed by atoms with Gasteiger partial charge in [0.1, 0.15) is 11.4 Å². The summed E-state index contributed by atoms with van der Waals surface area (Å²) < 4.78 is 23.4. The van der Waals surface area contributed by atoms with Gasteiger partial charge >= 0.3 is 0 Å². The van der Waals surface area contributed by atoms with E-state index in [4.69, 9.17) is 26.6 Å². The minimum atomic E-state index is -0.874. The number of nitrogens with zero attached hydrogens (tertiary/aromatic N) is 2. The number of hydrogen-bond donors (Lipinski definition) is 1. The van der Waals surface area contributed by atoms with E-state index >= 15 is 0 Å². The average Bonchev–Trinajstić information content (AvgIpc) is 2.83. The minimum Gasteiger partial charge on any atom is -0.382 e. The van der Waals surface area contributed by atoms with Crippen LogP contribution in [0.15, 0.2) is 22.7 Å². The maximum atomic E-state index is 13.4. The van der Waals surface area contributed by atoms with E-state index in [-0.39, 0.29) is 17.5 Å². The quantitative estimate of drug-likeness (QED) is 0.933. The van der Waals surface area contributed by atoms with Gasteiger partial charge in [-0.05, 0) is 25.1 Å². The van der Waals surface area contributed by atoms with Crippen LogP contribution in [0.4, 0.5) is 4.39 Å². The molecule has 7 heteroatoms. The highest BCUT2D eigenvalue weighted by molar-refractivity contribution is 6.30. The molecule has 1 aromatic heterocycles. The number of halogens is 2. The van der Waals surface area contributed by atoms with E-state index in [0.717, 1.165) is 0 Å². The van der Waals surface area contributed by atoms with Crippen molar-refractivity contribution in [3.05, 3.63) is 34.9 Å². The van der Waals surface area contributed by atoms with E-state index in [2.05, 4.69) is 10.1 Å². The highest BCUT2D eigenvalue weighted by Crippen LogP contribution is 2.24. The van der Waals surface area contributed by atoms with Gasteiger partial charge in [-0.25, -0.2) is 4.39 Å². The van der Waals surface area contributed by atoms with Crippen molar-refractivity contribution in [1.82, 2.24) is 10.1 Å². The first-order chi connectivity index (χ1) is 8.94. The predicted molar refractivity (Wildman–Crippen MR) is 68.1 cm³/mol. The summed E-state index contributed by atoms with van der Waals surface area (Å²) in [5, 5.41) is 3.82. The van der Waals surface area contributed by atoms with Crippen molar-refractivity contribution in [3.63, 3.8) is 0 Å². The molecular formula is C12H13ClFN3O2. The summed E-state index contributed by atoms with van der Waals surface area (Å²) in [7, 11) is 1.53. The Kier molecular flexibility index (Phi) is 3.84. The second-order valence-corrected chi connectivity index (χ2v) is 4.81. The summed E-state index contributed by atoms with van der Waals surface area (Å²) in [6.07, 6.45) is 0. The second-order valence-electron chi connectivity index (χ2n) is 4.40. The molecule has 1 atom stereocenters. The molecule has 0 aliphatic carbocycles. The molecule has 0 fully saturated rings. The van der Waals surface area contributed by atoms with Crippen molar-refractivity contribution < 1.29 is 13.7 Å². The normalized spacial score (nSPS) is 14.4. The largest absolute Gasteiger partial charge is 0.382 e. The zero-order valence-corrected chi connectivity index (χ0v) is 11.2. The second kappa shape index (κ2) is 5.24. The Labute approximate surface area is 114 Å². The van der Waals surface area contributed by atoms with Crippen molar-refractivity contribution in [2.24, 2.45) is 5.73 Å². The molecule has 0 aliphatic heterocycles. The average molecular weight is 286 g/mol. The molecule has 5 nitrogen and oxygen atoms in total. The van der Waals surface area contributed by atoms with Gasteiger partial charge in [0.25, 0.3) is 5.89 Å². The van der Waals surface area contributed by atoms with E-state index in [9.17, 15) is 4.39 Å². The van der Waals surface area contributed by atoms with Crippen molar-refractivity contribution in [3.8, 4) is 11.5 Å². The lowest BCUT2D eigenvalue weighted by molar-refractivity contribution is 0.135. The van der Waals surface area contributed by atoms with Crippen molar-refractivity contribution in [1.29, 1.82) is 0 Å². The predicted octanol–water partition coefficient (Wildman–Crippen LogP) is 2.35. The van der Waals surface area contributed by atoms with Gasteiger partial charge in [0, 0.05) is 12.7 Å². The van der Waals surface area contributed by atoms with Crippen LogP contribution in [-0.2, 0) is 10.3 Å². The van der Waals surface area contributed by atoms with Crippen LogP contribution in [0.25, 0.3) is 11.5 Å². The maximum absolute atomic E-state index is 13.4. The van der Waals surface area contributed by atoms with Gasteiger partial charge in [-0.15, -0.1) is 0 Å². The number of hydrogen-bond acceptors (Lipinski definition) is 5. The molecule has 19 heavy (non-hydrogen) atoms. The van der Waals surface area contributed by atoms with E-state index < -0.39 is 11.4 Å². The molecule has 0 saturated carbocycles. The summed E-state index contributed by atoms with van der Waals surface area (Å²) >= 11 is 5.61. The van der Waals surface area contributed by atoms with E-state index in [1.54, 1.807) is 13.0 Å². The van der Waals surface area contributed by atoms with E-state index in [0.29, 0.717) is 11.4 Å². The number of benzene rings is 1. The molecule has 0 amide bonds. The third kappa shape index (κ3) is 2.91. The molecule has 1 heterocycles. The van der Waals surface area contributed by atoms with Crippen LogP contribution in [-0.4, -0.2) is 23.9 Å². The Morgan fingerprint density at radius 3 is 2.89 bits per heavy atom. The Morgan fingerprint density at radius 1 is 1.53 bits per heavy atom. The van der Waals surface area contributed by atoms with Crippen LogP contribution in [0.3, 0.4) is 0 Å². The molecule has 2 N–H and O–H groups in total. The van der Waals surface area contributed by atoms with E-state index in [1.807, 2.05) is 0 Å². The summed E-state index contributed by atoms with van der Waals surface area (Å²) in [6.45, 7) is 1.95. The van der Waals surface area contributed by atoms with Gasteiger partial charge < -0.3 is 15.0 Å². The van der Waals surface area contributed by atoms with Gasteiger partial charge in [-0.3, -0.25) is 0 Å². The fraction of sp³-hybridized carbons (Fsp3) is 0.333. The number of aromatic nitrogens is 2. The Morgan fingerprint density at radius 2 is 2.26 bits per heavy atom. The molecule has 0 radical (unpaired) electrons. The monoisotopic (exact) mass is 285 g/mol. The lowest BCUT2D eigenvalue weighted by atomic mass is 10.1. The third-order valence-electron chi connectivity index (χ3n) is 2.55. The molecule has 0 spiro atoms. The highest BCUT2D eigenvalue weighted by atomic mass is 35.5. The lowest BCUT2D eigenvalue weighted by Gasteiger charge is -2.18. The highest BCUT2D eigenvalue weighted by Gasteiger charge is 2.27. The van der Waals surface area contributed by atoms with Gasteiger partial charge in [0.15, 0.2) is 5.82 Å². The first-order valence-corrected chi connectivity index (χ1v) is 5.89. The van der Waals surface area contributed by atoms with E-state index in [1.165, 1.54) is 19.2 Å². The molecular weight excluding hydrogens is 273 g/mol. The summed E-state index contributed by atoms with van der Waals surface area (Å²) in [4.78, 5) is 4.15. The zero-order valence-electron chi connectivity index (χ0n) is 10.5. The number of ether oxygens (including phenoxy) is 1. The molecule has 0 saturated heterocycles. The van der Waals surface area contributed by atoms with Gasteiger partial charge in [-0.1, -0.05) is 16.8 Å². The minimum absolute atomic E-state index is 0.0338. The molecule has 0 aliphatic rings. The fourth-order valence-corrected chi connectivity index (χ4v) is 1.68. The zero-order chi connectivity index (χ0) is 14.0. The summed E-state index contributed by atoms with van der Waals surface area (Å²) in [6, 6.07) is 4.24. The number of nitrogens with two attached hydrogens (primary N) is 1. The Bertz CT molecular complexity index is 586. The van der Waals surface area contributed by atoms with Crippen LogP contribution >= 0.6 is 11.6 Å². The third-order valence-corrected chi connectivity index (χ3v) is 2.85. The molecule has 102 valence electrons. The standard InChI is InChI=1S/C12H13ClFN3O2/c1-12(15,6-18-2)11-16-10(19-17-11)7-3-4-8(13)9(14)5-7/h3-5H,6,15H2,1-2H3. The molecule has 2 aromatic rings. The van der Waals surface area contributed by atoms with Crippen LogP contribution in [0.5, 0.6) is 0 Å². The van der Waals surface area contributed by atoms with Crippen LogP contribution < -0.4 is 5.73 Å². The van der Waals surface area contributed by atoms with Gasteiger partial charge in [0.2, 0.25) is 0 Å². The van der Waals surface area contributed by atoms with Gasteiger partial charge in [0.05, 0.1) is 11.6 Å². The topological polar surface area (TPSA) is 74.2 Å². The fourth-order valence-electron chi connectivity index (χ4n) is 1.57. The van der Waals surface area contributed by atoms with Crippen molar-refractivity contribution >= 4 is 11.6 Å². The molecule has 0 bridgehead atoms. The SMILES string of the molecule is COCC(C)(N)c1noc(-c2ccc(Cl)c(F)c2)n1. The molecule has 2 rings (SSSR count). The van der Waals surface area contributed by atoms with Gasteiger partial charge in [-0.2, -0.15) is 4.98 Å². The lowest BCUT2D eigenvalue weighted by Crippen LogP contribution is -2.38. The van der Waals surface area contributed by atoms with Crippen LogP contribution in [0.2, 0.25) is 5.02 Å². The molecule has 1 aromatic carbocycles. The van der Waals surface area contributed by atoms with Crippen LogP contribution in [0.1, 0.15) is 12.7 Å². The first kappa shape index (κ1) is 13.9. The van der Waals surface area contributed by atoms with Crippen LogP contribution in [0, 0.1) is 5.82 Å². The van der Waals surface area contributed by atoms with Crippen molar-refractivity contribution in [2.45, 2.75) is 12.5 Å². The Hall–Kier alpha value is -1.50. The maximum Gasteiger partial charge on any atom is 0.258 e. The Balaban J connectivity index is 2.33. The molecule has 1 unspecified atom stereocenters.